The summed E-state index contributed by atoms with van der Waals surface area (Å²) >= 11 is 2.32. The Morgan fingerprint density at radius 1 is 1.05 bits per heavy atom. The number of hydrogen-bond donors (Lipinski definition) is 1. The van der Waals surface area contributed by atoms with E-state index in [-0.39, 0.29) is 0 Å². The summed E-state index contributed by atoms with van der Waals surface area (Å²) in [7, 11) is 0. The van der Waals surface area contributed by atoms with Gasteiger partial charge in [0, 0.05) is 16.2 Å². The Morgan fingerprint density at radius 2 is 1.74 bits per heavy atom. The molecule has 1 atom stereocenters. The van der Waals surface area contributed by atoms with Gasteiger partial charge in [-0.2, -0.15) is 0 Å². The van der Waals surface area contributed by atoms with E-state index in [1.54, 1.807) is 0 Å². The summed E-state index contributed by atoms with van der Waals surface area (Å²) in [5.74, 6) is 0.922. The summed E-state index contributed by atoms with van der Waals surface area (Å²) in [6, 6.07) is 18.8. The van der Waals surface area contributed by atoms with Gasteiger partial charge in [-0.1, -0.05) is 30.3 Å². The van der Waals surface area contributed by atoms with Crippen molar-refractivity contribution < 1.29 is 4.74 Å². The molecule has 0 saturated heterocycles. The van der Waals surface area contributed by atoms with E-state index in [0.29, 0.717) is 12.6 Å². The van der Waals surface area contributed by atoms with Crippen LogP contribution in [0.3, 0.4) is 0 Å². The van der Waals surface area contributed by atoms with Crippen LogP contribution in [0.5, 0.6) is 5.75 Å². The monoisotopic (exact) mass is 367 g/mol. The first-order valence-corrected chi connectivity index (χ1v) is 7.50. The molecule has 2 nitrogen and oxygen atoms in total. The number of halogens is 1. The molecule has 0 fully saturated rings. The van der Waals surface area contributed by atoms with Crippen LogP contribution >= 0.6 is 22.6 Å². The third-order valence-electron chi connectivity index (χ3n) is 2.93. The van der Waals surface area contributed by atoms with Crippen LogP contribution in [0.2, 0.25) is 0 Å². The van der Waals surface area contributed by atoms with Gasteiger partial charge in [0.05, 0.1) is 0 Å². The lowest BCUT2D eigenvalue weighted by Crippen LogP contribution is -2.24. The third-order valence-corrected chi connectivity index (χ3v) is 3.65. The van der Waals surface area contributed by atoms with Crippen LogP contribution in [0, 0.1) is 3.57 Å². The molecule has 2 rings (SSSR count). The van der Waals surface area contributed by atoms with E-state index in [9.17, 15) is 0 Å². The second-order valence-corrected chi connectivity index (χ2v) is 5.63. The Labute approximate surface area is 128 Å². The molecule has 0 aliphatic rings. The molecule has 3 heteroatoms. The molecular weight excluding hydrogens is 349 g/mol. The highest BCUT2D eigenvalue weighted by molar-refractivity contribution is 14.1. The lowest BCUT2D eigenvalue weighted by molar-refractivity contribution is 0.307. The summed E-state index contributed by atoms with van der Waals surface area (Å²) in [5, 5.41) is 3.46. The van der Waals surface area contributed by atoms with E-state index in [4.69, 9.17) is 4.74 Å². The van der Waals surface area contributed by atoms with Crippen molar-refractivity contribution in [2.24, 2.45) is 0 Å². The van der Waals surface area contributed by atoms with E-state index in [0.717, 1.165) is 12.3 Å². The fourth-order valence-electron chi connectivity index (χ4n) is 1.83. The first-order chi connectivity index (χ1) is 9.25. The fourth-order valence-corrected chi connectivity index (χ4v) is 2.19. The predicted molar refractivity (Wildman–Crippen MR) is 87.5 cm³/mol. The maximum Gasteiger partial charge on any atom is 0.119 e. The van der Waals surface area contributed by atoms with Crippen molar-refractivity contribution in [2.45, 2.75) is 13.0 Å². The third kappa shape index (κ3) is 4.84. The average molecular weight is 367 g/mol. The largest absolute Gasteiger partial charge is 0.492 e. The zero-order valence-corrected chi connectivity index (χ0v) is 13.1. The first kappa shape index (κ1) is 14.3. The number of benzene rings is 2. The van der Waals surface area contributed by atoms with Gasteiger partial charge in [0.1, 0.15) is 12.4 Å². The zero-order chi connectivity index (χ0) is 13.5. The van der Waals surface area contributed by atoms with Gasteiger partial charge in [-0.15, -0.1) is 0 Å². The molecule has 0 aromatic heterocycles. The smallest absolute Gasteiger partial charge is 0.119 e. The standard InChI is InChI=1S/C16H18INO/c1-13(14-7-9-15(17)10-8-14)18-11-12-19-16-5-3-2-4-6-16/h2-10,13,18H,11-12H2,1H3. The zero-order valence-electron chi connectivity index (χ0n) is 11.0. The normalized spacial score (nSPS) is 12.1. The van der Waals surface area contributed by atoms with E-state index in [2.05, 4.69) is 59.1 Å². The minimum atomic E-state index is 0.344. The number of ether oxygens (including phenoxy) is 1. The second kappa shape index (κ2) is 7.50. The first-order valence-electron chi connectivity index (χ1n) is 6.42. The molecule has 0 spiro atoms. The van der Waals surface area contributed by atoms with Gasteiger partial charge in [-0.05, 0) is 59.3 Å². The lowest BCUT2D eigenvalue weighted by atomic mass is 10.1. The molecule has 0 amide bonds. The molecule has 100 valence electrons. The van der Waals surface area contributed by atoms with Crippen molar-refractivity contribution in [1.82, 2.24) is 5.32 Å². The molecule has 0 radical (unpaired) electrons. The molecule has 0 aliphatic heterocycles. The van der Waals surface area contributed by atoms with Crippen LogP contribution < -0.4 is 10.1 Å². The Bertz CT molecular complexity index is 484. The van der Waals surface area contributed by atoms with E-state index in [1.165, 1.54) is 9.13 Å². The maximum atomic E-state index is 5.65. The number of nitrogens with one attached hydrogen (secondary N) is 1. The van der Waals surface area contributed by atoms with Crippen LogP contribution in [0.15, 0.2) is 54.6 Å². The highest BCUT2D eigenvalue weighted by Crippen LogP contribution is 2.14. The highest BCUT2D eigenvalue weighted by atomic mass is 127. The molecule has 2 aromatic rings. The predicted octanol–water partition coefficient (Wildman–Crippen LogP) is 4.02. The van der Waals surface area contributed by atoms with Crippen LogP contribution in [0.4, 0.5) is 0 Å². The van der Waals surface area contributed by atoms with E-state index >= 15 is 0 Å². The average Bonchev–Trinajstić information content (AvgIpc) is 2.45. The molecule has 0 heterocycles. The highest BCUT2D eigenvalue weighted by Gasteiger charge is 2.03. The summed E-state index contributed by atoms with van der Waals surface area (Å²) in [5.41, 5.74) is 1.31. The maximum absolute atomic E-state index is 5.65. The number of rotatable bonds is 6. The number of hydrogen-bond acceptors (Lipinski definition) is 2. The van der Waals surface area contributed by atoms with Gasteiger partial charge in [0.15, 0.2) is 0 Å². The van der Waals surface area contributed by atoms with E-state index < -0.39 is 0 Å². The number of para-hydroxylation sites is 1. The van der Waals surface area contributed by atoms with Gasteiger partial charge in [-0.25, -0.2) is 0 Å². The van der Waals surface area contributed by atoms with Gasteiger partial charge in [0.25, 0.3) is 0 Å². The molecule has 0 aliphatic carbocycles. The van der Waals surface area contributed by atoms with Crippen molar-refractivity contribution in [2.75, 3.05) is 13.2 Å². The molecule has 2 aromatic carbocycles. The Hall–Kier alpha value is -1.07. The van der Waals surface area contributed by atoms with Crippen LogP contribution in [-0.4, -0.2) is 13.2 Å². The SMILES string of the molecule is CC(NCCOc1ccccc1)c1ccc(I)cc1. The Kier molecular flexibility index (Phi) is 5.66. The minimum absolute atomic E-state index is 0.344. The Balaban J connectivity index is 1.72. The summed E-state index contributed by atoms with van der Waals surface area (Å²) in [4.78, 5) is 0. The van der Waals surface area contributed by atoms with Crippen molar-refractivity contribution in [3.63, 3.8) is 0 Å². The van der Waals surface area contributed by atoms with Crippen LogP contribution in [0.1, 0.15) is 18.5 Å². The second-order valence-electron chi connectivity index (χ2n) is 4.39. The minimum Gasteiger partial charge on any atom is -0.492 e. The van der Waals surface area contributed by atoms with Gasteiger partial charge in [-0.3, -0.25) is 0 Å². The molecule has 1 unspecified atom stereocenters. The van der Waals surface area contributed by atoms with Crippen molar-refractivity contribution >= 4 is 22.6 Å². The van der Waals surface area contributed by atoms with Crippen molar-refractivity contribution in [3.8, 4) is 5.75 Å². The molecule has 1 N–H and O–H groups in total. The van der Waals surface area contributed by atoms with Crippen LogP contribution in [-0.2, 0) is 0 Å². The van der Waals surface area contributed by atoms with Gasteiger partial charge >= 0.3 is 0 Å². The quantitative estimate of drug-likeness (QED) is 0.615. The topological polar surface area (TPSA) is 21.3 Å². The van der Waals surface area contributed by atoms with Crippen molar-refractivity contribution in [3.05, 3.63) is 63.7 Å². The lowest BCUT2D eigenvalue weighted by Gasteiger charge is -2.14. The van der Waals surface area contributed by atoms with Gasteiger partial charge < -0.3 is 10.1 Å². The fraction of sp³-hybridized carbons (Fsp3) is 0.250. The summed E-state index contributed by atoms with van der Waals surface area (Å²) in [6.07, 6.45) is 0. The summed E-state index contributed by atoms with van der Waals surface area (Å²) in [6.45, 7) is 3.69. The summed E-state index contributed by atoms with van der Waals surface area (Å²) < 4.78 is 6.91. The molecular formula is C16H18INO. The van der Waals surface area contributed by atoms with Crippen LogP contribution in [0.25, 0.3) is 0 Å². The van der Waals surface area contributed by atoms with Crippen molar-refractivity contribution in [1.29, 1.82) is 0 Å². The Morgan fingerprint density at radius 3 is 2.42 bits per heavy atom. The molecule has 19 heavy (non-hydrogen) atoms. The molecule has 0 saturated carbocycles. The van der Waals surface area contributed by atoms with Gasteiger partial charge in [0.2, 0.25) is 0 Å². The van der Waals surface area contributed by atoms with E-state index in [1.807, 2.05) is 30.3 Å². The molecule has 0 bridgehead atoms.